The highest BCUT2D eigenvalue weighted by Gasteiger charge is 2.20. The molecule has 112 valence electrons. The van der Waals surface area contributed by atoms with Crippen molar-refractivity contribution in [1.82, 2.24) is 14.7 Å². The van der Waals surface area contributed by atoms with Gasteiger partial charge in [0.2, 0.25) is 0 Å². The number of hydrogen-bond donors (Lipinski definition) is 1. The van der Waals surface area contributed by atoms with Gasteiger partial charge in [0, 0.05) is 38.3 Å². The number of nitrogens with one attached hydrogen (secondary N) is 1. The summed E-state index contributed by atoms with van der Waals surface area (Å²) in [7, 11) is 3.81. The van der Waals surface area contributed by atoms with E-state index < -0.39 is 0 Å². The van der Waals surface area contributed by atoms with Crippen molar-refractivity contribution in [3.63, 3.8) is 0 Å². The van der Waals surface area contributed by atoms with Crippen LogP contribution in [-0.2, 0) is 11.3 Å². The molecule has 0 saturated carbocycles. The maximum atomic E-state index is 5.25. The van der Waals surface area contributed by atoms with Crippen LogP contribution < -0.4 is 10.2 Å². The van der Waals surface area contributed by atoms with Crippen LogP contribution in [0.15, 0.2) is 11.6 Å². The Hall–Kier alpha value is -1.11. The maximum absolute atomic E-state index is 5.25. The normalized spacial score (nSPS) is 13.3. The minimum absolute atomic E-state index is 0.294. The quantitative estimate of drug-likeness (QED) is 0.852. The Labute approximate surface area is 124 Å². The van der Waals surface area contributed by atoms with Gasteiger partial charge in [-0.1, -0.05) is 13.8 Å². The molecule has 0 aromatic carbocycles. The van der Waals surface area contributed by atoms with Crippen molar-refractivity contribution in [2.45, 2.75) is 39.4 Å². The van der Waals surface area contributed by atoms with Gasteiger partial charge in [-0.25, -0.2) is 4.98 Å². The van der Waals surface area contributed by atoms with Gasteiger partial charge in [-0.15, -0.1) is 11.3 Å². The highest BCUT2D eigenvalue weighted by atomic mass is 32.1. The topological polar surface area (TPSA) is 41.8 Å². The largest absolute Gasteiger partial charge is 0.383 e. The van der Waals surface area contributed by atoms with E-state index in [1.165, 1.54) is 5.69 Å². The smallest absolute Gasteiger partial charge is 0.195 e. The third-order valence-corrected chi connectivity index (χ3v) is 4.18. The molecule has 1 unspecified atom stereocenters. The number of thiazole rings is 1. The summed E-state index contributed by atoms with van der Waals surface area (Å²) in [6, 6.07) is 0.746. The van der Waals surface area contributed by atoms with Gasteiger partial charge in [0.05, 0.1) is 18.3 Å². The number of aromatic nitrogens is 2. The second-order valence-corrected chi connectivity index (χ2v) is 6.26. The molecular weight excluding hydrogens is 272 g/mol. The van der Waals surface area contributed by atoms with Crippen LogP contribution in [-0.4, -0.2) is 42.2 Å². The Balaban J connectivity index is 2.30. The first kappa shape index (κ1) is 15.3. The number of hydrogen-bond acceptors (Lipinski definition) is 5. The van der Waals surface area contributed by atoms with Gasteiger partial charge in [0.1, 0.15) is 0 Å². The van der Waals surface area contributed by atoms with Crippen molar-refractivity contribution in [2.75, 3.05) is 25.7 Å². The Bertz CT molecular complexity index is 548. The van der Waals surface area contributed by atoms with Crippen LogP contribution in [0.3, 0.4) is 0 Å². The lowest BCUT2D eigenvalue weighted by Gasteiger charge is -2.25. The van der Waals surface area contributed by atoms with Gasteiger partial charge in [-0.3, -0.25) is 4.40 Å². The van der Waals surface area contributed by atoms with E-state index in [9.17, 15) is 0 Å². The van der Waals surface area contributed by atoms with Gasteiger partial charge in [-0.2, -0.15) is 0 Å². The monoisotopic (exact) mass is 296 g/mol. The number of fused-ring (bicyclic) bond motifs is 1. The molecule has 2 heterocycles. The van der Waals surface area contributed by atoms with Crippen molar-refractivity contribution in [3.8, 4) is 0 Å². The molecule has 0 aliphatic rings. The molecule has 0 spiro atoms. The average molecular weight is 296 g/mol. The van der Waals surface area contributed by atoms with E-state index in [1.807, 2.05) is 0 Å². The highest BCUT2D eigenvalue weighted by molar-refractivity contribution is 7.15. The molecular formula is C14H24N4OS. The standard InChI is InChI=1S/C14H24N4OS/c1-10(2)15-8-12-13(17(4)11(3)9-19-5)16-14-18(12)6-7-20-14/h6-7,10-11,15H,8-9H2,1-5H3. The van der Waals surface area contributed by atoms with Gasteiger partial charge in [0.15, 0.2) is 10.8 Å². The molecule has 0 saturated heterocycles. The molecule has 0 fully saturated rings. The zero-order chi connectivity index (χ0) is 14.7. The molecule has 2 rings (SSSR count). The first-order chi connectivity index (χ1) is 9.54. The number of nitrogens with zero attached hydrogens (tertiary/aromatic N) is 3. The number of rotatable bonds is 7. The molecule has 0 amide bonds. The number of methoxy groups -OCH3 is 1. The van der Waals surface area contributed by atoms with Crippen molar-refractivity contribution in [1.29, 1.82) is 0 Å². The van der Waals surface area contributed by atoms with E-state index in [0.717, 1.165) is 17.3 Å². The van der Waals surface area contributed by atoms with E-state index in [-0.39, 0.29) is 0 Å². The predicted octanol–water partition coefficient (Wildman–Crippen LogP) is 2.36. The van der Waals surface area contributed by atoms with E-state index in [0.29, 0.717) is 18.7 Å². The second-order valence-electron chi connectivity index (χ2n) is 5.39. The lowest BCUT2D eigenvalue weighted by Crippen LogP contribution is -2.34. The Morgan fingerprint density at radius 1 is 1.45 bits per heavy atom. The van der Waals surface area contributed by atoms with E-state index >= 15 is 0 Å². The van der Waals surface area contributed by atoms with Crippen molar-refractivity contribution >= 4 is 22.1 Å². The van der Waals surface area contributed by atoms with Gasteiger partial charge in [-0.05, 0) is 6.92 Å². The van der Waals surface area contributed by atoms with Crippen LogP contribution in [0, 0.1) is 0 Å². The number of anilines is 1. The summed E-state index contributed by atoms with van der Waals surface area (Å²) in [6.07, 6.45) is 2.09. The number of ether oxygens (including phenoxy) is 1. The van der Waals surface area contributed by atoms with Crippen molar-refractivity contribution in [3.05, 3.63) is 17.3 Å². The summed E-state index contributed by atoms with van der Waals surface area (Å²) in [5, 5.41) is 5.55. The molecule has 2 aromatic rings. The van der Waals surface area contributed by atoms with Gasteiger partial charge in [0.25, 0.3) is 0 Å². The fourth-order valence-electron chi connectivity index (χ4n) is 2.13. The molecule has 6 heteroatoms. The van der Waals surface area contributed by atoms with Crippen LogP contribution in [0.25, 0.3) is 4.96 Å². The fourth-order valence-corrected chi connectivity index (χ4v) is 2.86. The summed E-state index contributed by atoms with van der Waals surface area (Å²) in [4.78, 5) is 8.00. The molecule has 0 bridgehead atoms. The minimum Gasteiger partial charge on any atom is -0.383 e. The number of imidazole rings is 1. The first-order valence-electron chi connectivity index (χ1n) is 6.94. The van der Waals surface area contributed by atoms with Crippen molar-refractivity contribution in [2.24, 2.45) is 0 Å². The lowest BCUT2D eigenvalue weighted by molar-refractivity contribution is 0.183. The van der Waals surface area contributed by atoms with Crippen LogP contribution >= 0.6 is 11.3 Å². The minimum atomic E-state index is 0.294. The van der Waals surface area contributed by atoms with E-state index in [4.69, 9.17) is 9.72 Å². The average Bonchev–Trinajstić information content (AvgIpc) is 2.96. The first-order valence-corrected chi connectivity index (χ1v) is 7.82. The van der Waals surface area contributed by atoms with Crippen molar-refractivity contribution < 1.29 is 4.74 Å². The molecule has 5 nitrogen and oxygen atoms in total. The molecule has 0 radical (unpaired) electrons. The Morgan fingerprint density at radius 3 is 2.85 bits per heavy atom. The van der Waals surface area contributed by atoms with Gasteiger partial charge < -0.3 is 15.0 Å². The molecule has 1 N–H and O–H groups in total. The summed E-state index contributed by atoms with van der Waals surface area (Å²) in [5.74, 6) is 1.04. The molecule has 0 aliphatic carbocycles. The zero-order valence-corrected chi connectivity index (χ0v) is 13.7. The van der Waals surface area contributed by atoms with E-state index in [2.05, 4.69) is 54.0 Å². The molecule has 2 aromatic heterocycles. The predicted molar refractivity (Wildman–Crippen MR) is 84.8 cm³/mol. The fraction of sp³-hybridized carbons (Fsp3) is 0.643. The van der Waals surface area contributed by atoms with E-state index in [1.54, 1.807) is 18.4 Å². The lowest BCUT2D eigenvalue weighted by atomic mass is 10.3. The SMILES string of the molecule is COCC(C)N(C)c1nc2sccn2c1CNC(C)C. The van der Waals surface area contributed by atoms with Crippen LogP contribution in [0.4, 0.5) is 5.82 Å². The summed E-state index contributed by atoms with van der Waals surface area (Å²) < 4.78 is 7.42. The summed E-state index contributed by atoms with van der Waals surface area (Å²) >= 11 is 1.67. The Morgan fingerprint density at radius 2 is 2.20 bits per heavy atom. The molecule has 20 heavy (non-hydrogen) atoms. The van der Waals surface area contributed by atoms with Crippen LogP contribution in [0.5, 0.6) is 0 Å². The Kier molecular flexibility index (Phi) is 5.01. The van der Waals surface area contributed by atoms with Crippen LogP contribution in [0.1, 0.15) is 26.5 Å². The summed E-state index contributed by atoms with van der Waals surface area (Å²) in [5.41, 5.74) is 1.21. The highest BCUT2D eigenvalue weighted by Crippen LogP contribution is 2.25. The number of likely N-dealkylation sites (N-methyl/N-ethyl adjacent to an activating group) is 1. The molecule has 1 atom stereocenters. The zero-order valence-electron chi connectivity index (χ0n) is 12.9. The van der Waals surface area contributed by atoms with Gasteiger partial charge >= 0.3 is 0 Å². The maximum Gasteiger partial charge on any atom is 0.195 e. The molecule has 0 aliphatic heterocycles. The van der Waals surface area contributed by atoms with Crippen LogP contribution in [0.2, 0.25) is 0 Å². The summed E-state index contributed by atoms with van der Waals surface area (Å²) in [6.45, 7) is 7.97. The third kappa shape index (κ3) is 3.13. The third-order valence-electron chi connectivity index (χ3n) is 3.42. The second kappa shape index (κ2) is 6.56.